The summed E-state index contributed by atoms with van der Waals surface area (Å²) >= 11 is 1.21. The number of carbonyl (C=O) groups excluding carboxylic acids is 1. The van der Waals surface area contributed by atoms with E-state index in [1.807, 2.05) is 31.2 Å². The first kappa shape index (κ1) is 22.7. The van der Waals surface area contributed by atoms with Gasteiger partial charge >= 0.3 is 0 Å². The summed E-state index contributed by atoms with van der Waals surface area (Å²) in [7, 11) is 0.275. The van der Waals surface area contributed by atoms with Crippen LogP contribution in [0.1, 0.15) is 5.56 Å². The van der Waals surface area contributed by atoms with E-state index in [0.29, 0.717) is 10.8 Å². The second-order valence-electron chi connectivity index (χ2n) is 6.60. The average molecular weight is 463 g/mol. The molecule has 3 rings (SSSR count). The lowest BCUT2D eigenvalue weighted by Gasteiger charge is -2.17. The lowest BCUT2D eigenvalue weighted by Crippen LogP contribution is -2.35. The zero-order valence-electron chi connectivity index (χ0n) is 17.4. The molecule has 164 valence electrons. The highest BCUT2D eigenvalue weighted by Gasteiger charge is 2.25. The molecule has 0 radical (unpaired) electrons. The average Bonchev–Trinajstić information content (AvgIpc) is 3.21. The number of nitrogens with one attached hydrogen (secondary N) is 1. The van der Waals surface area contributed by atoms with E-state index in [1.165, 1.54) is 50.8 Å². The number of aromatic nitrogens is 2. The second kappa shape index (κ2) is 9.41. The Morgan fingerprint density at radius 2 is 1.74 bits per heavy atom. The van der Waals surface area contributed by atoms with Crippen molar-refractivity contribution in [1.82, 2.24) is 14.5 Å². The molecule has 9 nitrogen and oxygen atoms in total. The minimum absolute atomic E-state index is 0.0157. The third kappa shape index (κ3) is 5.19. The SMILES string of the molecule is COc1ccc(S(=O)(=O)N(C)CC(=O)Nc2nnc(-c3ccc(C)cc3)s2)cc1OC. The largest absolute Gasteiger partial charge is 0.493 e. The number of anilines is 1. The number of amides is 1. The monoisotopic (exact) mass is 462 g/mol. The fourth-order valence-electron chi connectivity index (χ4n) is 2.69. The van der Waals surface area contributed by atoms with Crippen molar-refractivity contribution in [3.63, 3.8) is 0 Å². The molecular formula is C20H22N4O5S2. The van der Waals surface area contributed by atoms with E-state index in [-0.39, 0.29) is 15.8 Å². The van der Waals surface area contributed by atoms with Gasteiger partial charge in [-0.3, -0.25) is 10.1 Å². The van der Waals surface area contributed by atoms with Crippen molar-refractivity contribution in [3.8, 4) is 22.1 Å². The number of hydrogen-bond donors (Lipinski definition) is 1. The van der Waals surface area contributed by atoms with Crippen molar-refractivity contribution in [2.45, 2.75) is 11.8 Å². The molecule has 1 aromatic heterocycles. The molecule has 0 saturated carbocycles. The molecule has 31 heavy (non-hydrogen) atoms. The molecule has 0 aliphatic carbocycles. The van der Waals surface area contributed by atoms with Crippen LogP contribution in [0, 0.1) is 6.92 Å². The Morgan fingerprint density at radius 1 is 1.06 bits per heavy atom. The van der Waals surface area contributed by atoms with E-state index in [4.69, 9.17) is 9.47 Å². The molecule has 0 unspecified atom stereocenters. The maximum Gasteiger partial charge on any atom is 0.243 e. The van der Waals surface area contributed by atoms with Gasteiger partial charge in [0.15, 0.2) is 11.5 Å². The van der Waals surface area contributed by atoms with Crippen molar-refractivity contribution < 1.29 is 22.7 Å². The Bertz CT molecular complexity index is 1180. The predicted molar refractivity (Wildman–Crippen MR) is 118 cm³/mol. The zero-order chi connectivity index (χ0) is 22.6. The normalized spacial score (nSPS) is 11.4. The zero-order valence-corrected chi connectivity index (χ0v) is 19.1. The number of hydrogen-bond acceptors (Lipinski definition) is 8. The first-order chi connectivity index (χ1) is 14.7. The molecular weight excluding hydrogens is 440 g/mol. The van der Waals surface area contributed by atoms with Crippen LogP contribution in [0.4, 0.5) is 5.13 Å². The first-order valence-electron chi connectivity index (χ1n) is 9.13. The van der Waals surface area contributed by atoms with Crippen LogP contribution in [0.25, 0.3) is 10.6 Å². The van der Waals surface area contributed by atoms with Crippen molar-refractivity contribution >= 4 is 32.4 Å². The molecule has 0 saturated heterocycles. The maximum atomic E-state index is 12.8. The fraction of sp³-hybridized carbons (Fsp3) is 0.250. The predicted octanol–water partition coefficient (Wildman–Crippen LogP) is 2.79. The summed E-state index contributed by atoms with van der Waals surface area (Å²) in [5.74, 6) is 0.152. The number of sulfonamides is 1. The van der Waals surface area contributed by atoms with Gasteiger partial charge in [-0.25, -0.2) is 8.42 Å². The van der Waals surface area contributed by atoms with Gasteiger partial charge < -0.3 is 9.47 Å². The Hall–Kier alpha value is -3.02. The van der Waals surface area contributed by atoms with E-state index in [2.05, 4.69) is 15.5 Å². The number of likely N-dealkylation sites (N-methyl/N-ethyl adjacent to an activating group) is 1. The van der Waals surface area contributed by atoms with Crippen LogP contribution >= 0.6 is 11.3 Å². The molecule has 0 atom stereocenters. The third-order valence-electron chi connectivity index (χ3n) is 4.40. The topological polar surface area (TPSA) is 111 Å². The van der Waals surface area contributed by atoms with Crippen LogP contribution in [-0.2, 0) is 14.8 Å². The van der Waals surface area contributed by atoms with Crippen LogP contribution < -0.4 is 14.8 Å². The van der Waals surface area contributed by atoms with Gasteiger partial charge in [0.25, 0.3) is 0 Å². The van der Waals surface area contributed by atoms with Gasteiger partial charge in [-0.15, -0.1) is 10.2 Å². The minimum atomic E-state index is -3.92. The number of nitrogens with zero attached hydrogens (tertiary/aromatic N) is 3. The molecule has 11 heteroatoms. The van der Waals surface area contributed by atoms with Crippen molar-refractivity contribution in [3.05, 3.63) is 48.0 Å². The highest BCUT2D eigenvalue weighted by atomic mass is 32.2. The van der Waals surface area contributed by atoms with E-state index in [0.717, 1.165) is 15.4 Å². The fourth-order valence-corrected chi connectivity index (χ4v) is 4.60. The number of aryl methyl sites for hydroxylation is 1. The molecule has 1 N–H and O–H groups in total. The summed E-state index contributed by atoms with van der Waals surface area (Å²) in [6.45, 7) is 1.60. The van der Waals surface area contributed by atoms with E-state index < -0.39 is 22.5 Å². The highest BCUT2D eigenvalue weighted by Crippen LogP contribution is 2.30. The minimum Gasteiger partial charge on any atom is -0.493 e. The van der Waals surface area contributed by atoms with Gasteiger partial charge in [-0.1, -0.05) is 41.2 Å². The van der Waals surface area contributed by atoms with Crippen LogP contribution in [0.5, 0.6) is 11.5 Å². The van der Waals surface area contributed by atoms with Crippen molar-refractivity contribution in [2.24, 2.45) is 0 Å². The van der Waals surface area contributed by atoms with Crippen LogP contribution in [0.2, 0.25) is 0 Å². The number of rotatable bonds is 8. The van der Waals surface area contributed by atoms with Gasteiger partial charge in [0.05, 0.1) is 25.7 Å². The third-order valence-corrected chi connectivity index (χ3v) is 7.09. The Balaban J connectivity index is 1.68. The molecule has 0 spiro atoms. The lowest BCUT2D eigenvalue weighted by atomic mass is 10.2. The first-order valence-corrected chi connectivity index (χ1v) is 11.4. The number of ether oxygens (including phenoxy) is 2. The smallest absolute Gasteiger partial charge is 0.243 e. The number of carbonyl (C=O) groups is 1. The molecule has 0 bridgehead atoms. The van der Waals surface area contributed by atoms with Crippen LogP contribution in [-0.4, -0.2) is 56.6 Å². The number of benzene rings is 2. The summed E-state index contributed by atoms with van der Waals surface area (Å²) in [5.41, 5.74) is 2.01. The number of methoxy groups -OCH3 is 2. The maximum absolute atomic E-state index is 12.8. The molecule has 2 aromatic carbocycles. The van der Waals surface area contributed by atoms with Gasteiger partial charge in [0, 0.05) is 18.7 Å². The molecule has 3 aromatic rings. The highest BCUT2D eigenvalue weighted by molar-refractivity contribution is 7.89. The molecule has 1 amide bonds. The van der Waals surface area contributed by atoms with E-state index in [1.54, 1.807) is 0 Å². The van der Waals surface area contributed by atoms with Gasteiger partial charge in [-0.2, -0.15) is 4.31 Å². The summed E-state index contributed by atoms with van der Waals surface area (Å²) in [6.07, 6.45) is 0. The van der Waals surface area contributed by atoms with Crippen LogP contribution in [0.3, 0.4) is 0 Å². The molecule has 0 aliphatic rings. The molecule has 1 heterocycles. The van der Waals surface area contributed by atoms with E-state index >= 15 is 0 Å². The van der Waals surface area contributed by atoms with Crippen LogP contribution in [0.15, 0.2) is 47.4 Å². The Kier molecular flexibility index (Phi) is 6.88. The van der Waals surface area contributed by atoms with Gasteiger partial charge in [0.2, 0.25) is 21.1 Å². The second-order valence-corrected chi connectivity index (χ2v) is 9.63. The molecule has 0 aliphatic heterocycles. The summed E-state index contributed by atoms with van der Waals surface area (Å²) in [6, 6.07) is 12.0. The van der Waals surface area contributed by atoms with Gasteiger partial charge in [0.1, 0.15) is 5.01 Å². The standard InChI is InChI=1S/C20H22N4O5S2/c1-13-5-7-14(8-6-13)19-22-23-20(30-19)21-18(25)12-24(2)31(26,27)15-9-10-16(28-3)17(11-15)29-4/h5-11H,12H2,1-4H3,(H,21,23,25). The Morgan fingerprint density at radius 3 is 2.39 bits per heavy atom. The summed E-state index contributed by atoms with van der Waals surface area (Å²) in [4.78, 5) is 12.4. The quantitative estimate of drug-likeness (QED) is 0.548. The van der Waals surface area contributed by atoms with Crippen molar-refractivity contribution in [1.29, 1.82) is 0 Å². The van der Waals surface area contributed by atoms with Gasteiger partial charge in [-0.05, 0) is 19.1 Å². The van der Waals surface area contributed by atoms with Crippen molar-refractivity contribution in [2.75, 3.05) is 33.1 Å². The molecule has 0 fully saturated rings. The lowest BCUT2D eigenvalue weighted by molar-refractivity contribution is -0.116. The summed E-state index contributed by atoms with van der Waals surface area (Å²) < 4.78 is 36.9. The van der Waals surface area contributed by atoms with E-state index in [9.17, 15) is 13.2 Å². The Labute approximate surface area is 184 Å². The summed E-state index contributed by atoms with van der Waals surface area (Å²) in [5, 5.41) is 11.6.